The SMILES string of the molecule is CC1CC(c2nc3nc(N(C)C)ccc3[nH]2)CO1. The third-order valence-corrected chi connectivity index (χ3v) is 3.39. The van der Waals surface area contributed by atoms with E-state index >= 15 is 0 Å². The summed E-state index contributed by atoms with van der Waals surface area (Å²) < 4.78 is 5.59. The summed E-state index contributed by atoms with van der Waals surface area (Å²) in [5.41, 5.74) is 1.78. The zero-order valence-corrected chi connectivity index (χ0v) is 11.0. The minimum atomic E-state index is 0.327. The summed E-state index contributed by atoms with van der Waals surface area (Å²) >= 11 is 0. The molecule has 2 unspecified atom stereocenters. The summed E-state index contributed by atoms with van der Waals surface area (Å²) in [6, 6.07) is 4.03. The molecule has 18 heavy (non-hydrogen) atoms. The largest absolute Gasteiger partial charge is 0.378 e. The first-order valence-corrected chi connectivity index (χ1v) is 6.29. The van der Waals surface area contributed by atoms with Crippen molar-refractivity contribution in [3.63, 3.8) is 0 Å². The van der Waals surface area contributed by atoms with E-state index in [1.807, 2.05) is 31.1 Å². The molecule has 3 rings (SSSR count). The van der Waals surface area contributed by atoms with Gasteiger partial charge in [-0.3, -0.25) is 0 Å². The van der Waals surface area contributed by atoms with Crippen LogP contribution in [-0.2, 0) is 4.74 Å². The highest BCUT2D eigenvalue weighted by Gasteiger charge is 2.26. The maximum Gasteiger partial charge on any atom is 0.179 e. The normalized spacial score (nSPS) is 23.7. The molecule has 1 aliphatic heterocycles. The Hall–Kier alpha value is -1.62. The highest BCUT2D eigenvalue weighted by Crippen LogP contribution is 2.28. The van der Waals surface area contributed by atoms with Crippen LogP contribution in [0.2, 0.25) is 0 Å². The predicted octanol–water partition coefficient (Wildman–Crippen LogP) is 1.92. The minimum Gasteiger partial charge on any atom is -0.378 e. The van der Waals surface area contributed by atoms with Gasteiger partial charge in [0.2, 0.25) is 0 Å². The van der Waals surface area contributed by atoms with Crippen LogP contribution in [0.1, 0.15) is 25.1 Å². The second-order valence-electron chi connectivity index (χ2n) is 5.13. The summed E-state index contributed by atoms with van der Waals surface area (Å²) in [5.74, 6) is 2.30. The molecule has 0 radical (unpaired) electrons. The third-order valence-electron chi connectivity index (χ3n) is 3.39. The lowest BCUT2D eigenvalue weighted by Gasteiger charge is -2.09. The van der Waals surface area contributed by atoms with Crippen LogP contribution in [0, 0.1) is 0 Å². The van der Waals surface area contributed by atoms with Gasteiger partial charge in [0.05, 0.1) is 18.2 Å². The molecule has 0 saturated carbocycles. The number of nitrogens with one attached hydrogen (secondary N) is 1. The Morgan fingerprint density at radius 3 is 2.83 bits per heavy atom. The summed E-state index contributed by atoms with van der Waals surface area (Å²) in [5, 5.41) is 0. The Morgan fingerprint density at radius 2 is 2.17 bits per heavy atom. The standard InChI is InChI=1S/C13H18N4O/c1-8-6-9(7-18-8)12-14-10-4-5-11(17(2)3)15-13(10)16-12/h4-5,8-9H,6-7H2,1-3H3,(H,14,15,16). The van der Waals surface area contributed by atoms with E-state index in [2.05, 4.69) is 21.9 Å². The van der Waals surface area contributed by atoms with Gasteiger partial charge in [0.1, 0.15) is 11.6 Å². The zero-order chi connectivity index (χ0) is 12.7. The molecule has 2 aromatic heterocycles. The van der Waals surface area contributed by atoms with Crippen molar-refractivity contribution in [2.45, 2.75) is 25.4 Å². The number of pyridine rings is 1. The molecule has 2 atom stereocenters. The molecule has 5 nitrogen and oxygen atoms in total. The van der Waals surface area contributed by atoms with E-state index in [-0.39, 0.29) is 0 Å². The fourth-order valence-corrected chi connectivity index (χ4v) is 2.35. The Morgan fingerprint density at radius 1 is 1.33 bits per heavy atom. The number of anilines is 1. The fraction of sp³-hybridized carbons (Fsp3) is 0.538. The third kappa shape index (κ3) is 1.95. The Labute approximate surface area is 106 Å². The van der Waals surface area contributed by atoms with Gasteiger partial charge >= 0.3 is 0 Å². The van der Waals surface area contributed by atoms with E-state index in [1.54, 1.807) is 0 Å². The molecule has 0 spiro atoms. The fourth-order valence-electron chi connectivity index (χ4n) is 2.35. The summed E-state index contributed by atoms with van der Waals surface area (Å²) in [6.07, 6.45) is 1.36. The predicted molar refractivity (Wildman–Crippen MR) is 71.0 cm³/mol. The number of hydrogen-bond acceptors (Lipinski definition) is 4. The molecule has 0 amide bonds. The number of fused-ring (bicyclic) bond motifs is 1. The molecule has 0 aliphatic carbocycles. The highest BCUT2D eigenvalue weighted by atomic mass is 16.5. The number of ether oxygens (including phenoxy) is 1. The molecule has 1 saturated heterocycles. The maximum atomic E-state index is 5.59. The number of rotatable bonds is 2. The zero-order valence-electron chi connectivity index (χ0n) is 11.0. The number of aromatic amines is 1. The van der Waals surface area contributed by atoms with Gasteiger partial charge < -0.3 is 14.6 Å². The van der Waals surface area contributed by atoms with E-state index < -0.39 is 0 Å². The molecule has 2 aromatic rings. The number of H-pyrrole nitrogens is 1. The van der Waals surface area contributed by atoms with E-state index in [9.17, 15) is 0 Å². The van der Waals surface area contributed by atoms with Crippen LogP contribution in [0.15, 0.2) is 12.1 Å². The van der Waals surface area contributed by atoms with Crippen LogP contribution < -0.4 is 4.90 Å². The topological polar surface area (TPSA) is 54.0 Å². The van der Waals surface area contributed by atoms with E-state index in [0.29, 0.717) is 12.0 Å². The van der Waals surface area contributed by atoms with Crippen molar-refractivity contribution >= 4 is 17.0 Å². The quantitative estimate of drug-likeness (QED) is 0.879. The van der Waals surface area contributed by atoms with E-state index in [4.69, 9.17) is 4.74 Å². The van der Waals surface area contributed by atoms with Crippen LogP contribution in [0.5, 0.6) is 0 Å². The Bertz CT molecular complexity index is 563. The van der Waals surface area contributed by atoms with Crippen molar-refractivity contribution in [1.29, 1.82) is 0 Å². The van der Waals surface area contributed by atoms with E-state index in [1.165, 1.54) is 0 Å². The van der Waals surface area contributed by atoms with Gasteiger partial charge in [-0.1, -0.05) is 0 Å². The molecule has 96 valence electrons. The van der Waals surface area contributed by atoms with Crippen molar-refractivity contribution in [3.8, 4) is 0 Å². The van der Waals surface area contributed by atoms with Crippen LogP contribution in [0.25, 0.3) is 11.2 Å². The monoisotopic (exact) mass is 246 g/mol. The molecular weight excluding hydrogens is 228 g/mol. The van der Waals surface area contributed by atoms with Crippen molar-refractivity contribution in [2.24, 2.45) is 0 Å². The van der Waals surface area contributed by atoms with Gasteiger partial charge in [0.25, 0.3) is 0 Å². The molecule has 1 N–H and O–H groups in total. The lowest BCUT2D eigenvalue weighted by atomic mass is 10.1. The Balaban J connectivity index is 1.95. The average Bonchev–Trinajstić information content (AvgIpc) is 2.93. The number of aromatic nitrogens is 3. The smallest absolute Gasteiger partial charge is 0.179 e. The second kappa shape index (κ2) is 4.24. The minimum absolute atomic E-state index is 0.327. The summed E-state index contributed by atoms with van der Waals surface area (Å²) in [4.78, 5) is 14.5. The lowest BCUT2D eigenvalue weighted by molar-refractivity contribution is 0.123. The van der Waals surface area contributed by atoms with Crippen LogP contribution in [0.4, 0.5) is 5.82 Å². The number of hydrogen-bond donors (Lipinski definition) is 1. The Kier molecular flexibility index (Phi) is 2.70. The van der Waals surface area contributed by atoms with Crippen LogP contribution in [0.3, 0.4) is 0 Å². The van der Waals surface area contributed by atoms with Crippen molar-refractivity contribution in [1.82, 2.24) is 15.0 Å². The maximum absolute atomic E-state index is 5.59. The summed E-state index contributed by atoms with van der Waals surface area (Å²) in [6.45, 7) is 2.85. The molecule has 0 aromatic carbocycles. The molecule has 1 aliphatic rings. The first-order chi connectivity index (χ1) is 8.63. The van der Waals surface area contributed by atoms with Gasteiger partial charge in [-0.05, 0) is 25.5 Å². The summed E-state index contributed by atoms with van der Waals surface area (Å²) in [7, 11) is 3.96. The average molecular weight is 246 g/mol. The molecule has 3 heterocycles. The van der Waals surface area contributed by atoms with Crippen molar-refractivity contribution in [2.75, 3.05) is 25.6 Å². The van der Waals surface area contributed by atoms with Crippen LogP contribution in [-0.4, -0.2) is 41.8 Å². The van der Waals surface area contributed by atoms with Gasteiger partial charge in [0.15, 0.2) is 5.65 Å². The van der Waals surface area contributed by atoms with Gasteiger partial charge in [-0.15, -0.1) is 0 Å². The van der Waals surface area contributed by atoms with Crippen LogP contribution >= 0.6 is 0 Å². The first kappa shape index (κ1) is 11.5. The van der Waals surface area contributed by atoms with E-state index in [0.717, 1.165) is 35.8 Å². The van der Waals surface area contributed by atoms with Gasteiger partial charge in [-0.25, -0.2) is 9.97 Å². The van der Waals surface area contributed by atoms with Crippen molar-refractivity contribution in [3.05, 3.63) is 18.0 Å². The molecule has 0 bridgehead atoms. The number of nitrogens with zero attached hydrogens (tertiary/aromatic N) is 3. The van der Waals surface area contributed by atoms with Gasteiger partial charge in [-0.2, -0.15) is 0 Å². The molecule has 1 fully saturated rings. The second-order valence-corrected chi connectivity index (χ2v) is 5.13. The molecule has 5 heteroatoms. The first-order valence-electron chi connectivity index (χ1n) is 6.29. The number of imidazole rings is 1. The van der Waals surface area contributed by atoms with Gasteiger partial charge in [0, 0.05) is 20.0 Å². The molecular formula is C13H18N4O. The lowest BCUT2D eigenvalue weighted by Crippen LogP contribution is -2.10. The highest BCUT2D eigenvalue weighted by molar-refractivity contribution is 5.73. The van der Waals surface area contributed by atoms with Crippen molar-refractivity contribution < 1.29 is 4.74 Å².